The number of carbonyl (C=O) groups is 2. The molecule has 0 bridgehead atoms. The van der Waals surface area contributed by atoms with Gasteiger partial charge in [-0.25, -0.2) is 8.42 Å². The van der Waals surface area contributed by atoms with Gasteiger partial charge in [-0.3, -0.25) is 20.4 Å². The molecule has 1 aliphatic heterocycles. The third kappa shape index (κ3) is 4.13. The van der Waals surface area contributed by atoms with Crippen LogP contribution in [0.4, 0.5) is 0 Å². The molecule has 1 heterocycles. The number of nitrogens with one attached hydrogen (secondary N) is 2. The summed E-state index contributed by atoms with van der Waals surface area (Å²) in [6, 6.07) is 5.88. The molecule has 7 nitrogen and oxygen atoms in total. The number of nitrogens with zero attached hydrogens (tertiary/aromatic N) is 1. The van der Waals surface area contributed by atoms with Gasteiger partial charge >= 0.3 is 0 Å². The number of carbonyl (C=O) groups excluding carboxylic acids is 2. The van der Waals surface area contributed by atoms with Crippen molar-refractivity contribution in [1.29, 1.82) is 0 Å². The van der Waals surface area contributed by atoms with E-state index in [0.717, 1.165) is 25.7 Å². The highest BCUT2D eigenvalue weighted by Gasteiger charge is 2.27. The van der Waals surface area contributed by atoms with E-state index in [1.165, 1.54) is 28.6 Å². The van der Waals surface area contributed by atoms with Gasteiger partial charge in [0.25, 0.3) is 5.91 Å². The second kappa shape index (κ2) is 8.01. The van der Waals surface area contributed by atoms with Gasteiger partial charge in [-0.1, -0.05) is 18.2 Å². The predicted molar refractivity (Wildman–Crippen MR) is 96.5 cm³/mol. The van der Waals surface area contributed by atoms with Crippen LogP contribution in [-0.2, 0) is 14.8 Å². The molecule has 0 saturated carbocycles. The zero-order chi connectivity index (χ0) is 18.6. The summed E-state index contributed by atoms with van der Waals surface area (Å²) in [5.41, 5.74) is 4.99. The number of rotatable bonds is 4. The van der Waals surface area contributed by atoms with Crippen molar-refractivity contribution in [2.24, 2.45) is 5.92 Å². The molecular weight excluding hydrogens is 354 g/mol. The Bertz CT molecular complexity index is 813. The molecule has 26 heavy (non-hydrogen) atoms. The Balaban J connectivity index is 1.64. The monoisotopic (exact) mass is 377 g/mol. The number of amides is 2. The maximum Gasteiger partial charge on any atom is 0.269 e. The Morgan fingerprint density at radius 3 is 2.54 bits per heavy atom. The lowest BCUT2D eigenvalue weighted by molar-refractivity contribution is -0.126. The first-order valence-electron chi connectivity index (χ1n) is 8.84. The van der Waals surface area contributed by atoms with E-state index in [1.54, 1.807) is 0 Å². The van der Waals surface area contributed by atoms with Crippen LogP contribution in [0.5, 0.6) is 0 Å². The predicted octanol–water partition coefficient (Wildman–Crippen LogP) is 1.59. The highest BCUT2D eigenvalue weighted by Crippen LogP contribution is 2.21. The molecule has 140 valence electrons. The first-order valence-corrected chi connectivity index (χ1v) is 10.3. The van der Waals surface area contributed by atoms with E-state index in [9.17, 15) is 18.0 Å². The number of hydrogen-bond donors (Lipinski definition) is 2. The first kappa shape index (κ1) is 18.6. The van der Waals surface area contributed by atoms with Crippen LogP contribution in [0, 0.1) is 5.92 Å². The van der Waals surface area contributed by atoms with Crippen LogP contribution >= 0.6 is 0 Å². The fourth-order valence-electron chi connectivity index (χ4n) is 3.20. The number of hydrogen-bond acceptors (Lipinski definition) is 4. The normalized spacial score (nSPS) is 20.7. The van der Waals surface area contributed by atoms with Crippen LogP contribution in [0.25, 0.3) is 0 Å². The second-order valence-corrected chi connectivity index (χ2v) is 8.50. The minimum atomic E-state index is -3.58. The number of allylic oxidation sites excluding steroid dienone is 2. The van der Waals surface area contributed by atoms with Crippen molar-refractivity contribution >= 4 is 21.8 Å². The summed E-state index contributed by atoms with van der Waals surface area (Å²) in [6.07, 6.45) is 7.95. The standard InChI is InChI=1S/C18H23N3O4S/c22-17(14-7-2-1-3-8-14)19-20-18(23)15-9-6-10-16(13-15)26(24,25)21-11-4-5-12-21/h1-2,6,9-10,13-14H,3-5,7-8,11-12H2,(H,19,22)(H,20,23)/t14-/m0/s1. The molecule has 0 aromatic heterocycles. The van der Waals surface area contributed by atoms with Gasteiger partial charge in [0, 0.05) is 24.6 Å². The van der Waals surface area contributed by atoms with Crippen molar-refractivity contribution < 1.29 is 18.0 Å². The minimum absolute atomic E-state index is 0.0933. The lowest BCUT2D eigenvalue weighted by Gasteiger charge is -2.18. The topological polar surface area (TPSA) is 95.6 Å². The van der Waals surface area contributed by atoms with E-state index in [2.05, 4.69) is 10.9 Å². The Hall–Kier alpha value is -2.19. The summed E-state index contributed by atoms with van der Waals surface area (Å²) in [4.78, 5) is 24.4. The largest absolute Gasteiger partial charge is 0.273 e. The summed E-state index contributed by atoms with van der Waals surface area (Å²) < 4.78 is 26.6. The lowest BCUT2D eigenvalue weighted by Crippen LogP contribution is -2.44. The molecule has 1 aromatic rings. The summed E-state index contributed by atoms with van der Waals surface area (Å²) in [6.45, 7) is 1.01. The van der Waals surface area contributed by atoms with Gasteiger partial charge in [0.1, 0.15) is 0 Å². The molecule has 0 radical (unpaired) electrons. The van der Waals surface area contributed by atoms with Gasteiger partial charge in [-0.05, 0) is 50.3 Å². The molecule has 8 heteroatoms. The molecule has 2 aliphatic rings. The SMILES string of the molecule is O=C(NNC(=O)[C@H]1CC=CCC1)c1cccc(S(=O)(=O)N2CCCC2)c1. The quantitative estimate of drug-likeness (QED) is 0.615. The fourth-order valence-corrected chi connectivity index (χ4v) is 4.76. The van der Waals surface area contributed by atoms with Gasteiger partial charge in [0.05, 0.1) is 4.90 Å². The Morgan fingerprint density at radius 1 is 1.08 bits per heavy atom. The molecule has 1 fully saturated rings. The third-order valence-corrected chi connectivity index (χ3v) is 6.63. The molecule has 3 rings (SSSR count). The van der Waals surface area contributed by atoms with Crippen molar-refractivity contribution in [2.75, 3.05) is 13.1 Å². The maximum atomic E-state index is 12.6. The number of hydrazine groups is 1. The highest BCUT2D eigenvalue weighted by atomic mass is 32.2. The molecule has 2 amide bonds. The fraction of sp³-hybridized carbons (Fsp3) is 0.444. The van der Waals surface area contributed by atoms with Crippen molar-refractivity contribution in [3.63, 3.8) is 0 Å². The van der Waals surface area contributed by atoms with Gasteiger partial charge in [-0.2, -0.15) is 4.31 Å². The van der Waals surface area contributed by atoms with Crippen molar-refractivity contribution in [1.82, 2.24) is 15.2 Å². The molecule has 0 unspecified atom stereocenters. The highest BCUT2D eigenvalue weighted by molar-refractivity contribution is 7.89. The van der Waals surface area contributed by atoms with Crippen molar-refractivity contribution in [2.45, 2.75) is 37.0 Å². The average Bonchev–Trinajstić information content (AvgIpc) is 3.22. The Labute approximate surface area is 153 Å². The smallest absolute Gasteiger partial charge is 0.269 e. The van der Waals surface area contributed by atoms with E-state index in [-0.39, 0.29) is 22.3 Å². The summed E-state index contributed by atoms with van der Waals surface area (Å²) in [5, 5.41) is 0. The van der Waals surface area contributed by atoms with Crippen molar-refractivity contribution in [3.8, 4) is 0 Å². The number of benzene rings is 1. The van der Waals surface area contributed by atoms with Gasteiger partial charge < -0.3 is 0 Å². The van der Waals surface area contributed by atoms with Crippen molar-refractivity contribution in [3.05, 3.63) is 42.0 Å². The second-order valence-electron chi connectivity index (χ2n) is 6.56. The molecule has 1 aliphatic carbocycles. The molecular formula is C18H23N3O4S. The van der Waals surface area contributed by atoms with Crippen LogP contribution in [0.3, 0.4) is 0 Å². The van der Waals surface area contributed by atoms with Crippen LogP contribution in [0.15, 0.2) is 41.3 Å². The molecule has 1 atom stereocenters. The zero-order valence-corrected chi connectivity index (χ0v) is 15.3. The van der Waals surface area contributed by atoms with Crippen LogP contribution in [0.2, 0.25) is 0 Å². The minimum Gasteiger partial charge on any atom is -0.273 e. The molecule has 2 N–H and O–H groups in total. The number of sulfonamides is 1. The van der Waals surface area contributed by atoms with E-state index in [0.29, 0.717) is 19.5 Å². The third-order valence-electron chi connectivity index (χ3n) is 4.74. The van der Waals surface area contributed by atoms with Gasteiger partial charge in [0.15, 0.2) is 0 Å². The van der Waals surface area contributed by atoms with Gasteiger partial charge in [0.2, 0.25) is 15.9 Å². The lowest BCUT2D eigenvalue weighted by atomic mass is 9.94. The molecule has 1 aromatic carbocycles. The average molecular weight is 377 g/mol. The summed E-state index contributed by atoms with van der Waals surface area (Å²) >= 11 is 0. The Kier molecular flexibility index (Phi) is 5.73. The molecule has 1 saturated heterocycles. The summed E-state index contributed by atoms with van der Waals surface area (Å²) in [7, 11) is -3.58. The maximum absolute atomic E-state index is 12.6. The van der Waals surface area contributed by atoms with Crippen LogP contribution < -0.4 is 10.9 Å². The summed E-state index contributed by atoms with van der Waals surface area (Å²) in [5.74, 6) is -0.922. The van der Waals surface area contributed by atoms with E-state index >= 15 is 0 Å². The van der Waals surface area contributed by atoms with E-state index in [4.69, 9.17) is 0 Å². The van der Waals surface area contributed by atoms with Crippen LogP contribution in [0.1, 0.15) is 42.5 Å². The van der Waals surface area contributed by atoms with Crippen LogP contribution in [-0.4, -0.2) is 37.6 Å². The van der Waals surface area contributed by atoms with E-state index < -0.39 is 15.9 Å². The first-order chi connectivity index (χ1) is 12.5. The van der Waals surface area contributed by atoms with E-state index in [1.807, 2.05) is 12.2 Å². The zero-order valence-electron chi connectivity index (χ0n) is 14.5. The van der Waals surface area contributed by atoms with Gasteiger partial charge in [-0.15, -0.1) is 0 Å². The molecule has 0 spiro atoms. The Morgan fingerprint density at radius 2 is 1.85 bits per heavy atom.